The van der Waals surface area contributed by atoms with Crippen LogP contribution < -0.4 is 5.32 Å². The van der Waals surface area contributed by atoms with Crippen molar-refractivity contribution < 1.29 is 4.39 Å². The van der Waals surface area contributed by atoms with E-state index in [4.69, 9.17) is 11.6 Å². The van der Waals surface area contributed by atoms with Crippen LogP contribution in [0.4, 0.5) is 4.39 Å². The van der Waals surface area contributed by atoms with E-state index in [9.17, 15) is 4.39 Å². The summed E-state index contributed by atoms with van der Waals surface area (Å²) in [5.74, 6) is -0.269. The maximum atomic E-state index is 14.2. The standard InChI is InChI=1S/C16H21ClFN3/c1-4-8-19-15(10-12-9-11(2)20-21(12)3)16-13(17)6-5-7-14(16)18/h5-7,9,15,19H,4,8,10H2,1-3H3. The first kappa shape index (κ1) is 16.0. The lowest BCUT2D eigenvalue weighted by atomic mass is 10.0. The molecule has 0 fully saturated rings. The molecule has 1 aromatic carbocycles. The maximum absolute atomic E-state index is 14.2. The van der Waals surface area contributed by atoms with E-state index >= 15 is 0 Å². The van der Waals surface area contributed by atoms with Gasteiger partial charge in [-0.25, -0.2) is 4.39 Å². The minimum absolute atomic E-state index is 0.159. The molecule has 0 radical (unpaired) electrons. The largest absolute Gasteiger partial charge is 0.309 e. The number of aryl methyl sites for hydroxylation is 2. The molecule has 3 nitrogen and oxygen atoms in total. The fourth-order valence-corrected chi connectivity index (χ4v) is 2.80. The molecule has 1 atom stereocenters. The van der Waals surface area contributed by atoms with Gasteiger partial charge in [0.05, 0.1) is 5.69 Å². The van der Waals surface area contributed by atoms with Gasteiger partial charge in [0, 0.05) is 35.8 Å². The summed E-state index contributed by atoms with van der Waals surface area (Å²) >= 11 is 6.21. The Kier molecular flexibility index (Phi) is 5.37. The molecule has 1 N–H and O–H groups in total. The van der Waals surface area contributed by atoms with Crippen molar-refractivity contribution in [2.45, 2.75) is 32.7 Å². The van der Waals surface area contributed by atoms with E-state index in [1.54, 1.807) is 12.1 Å². The smallest absolute Gasteiger partial charge is 0.129 e. The van der Waals surface area contributed by atoms with Crippen molar-refractivity contribution >= 4 is 11.6 Å². The van der Waals surface area contributed by atoms with Gasteiger partial charge in [0.25, 0.3) is 0 Å². The summed E-state index contributed by atoms with van der Waals surface area (Å²) in [6.07, 6.45) is 1.63. The molecular formula is C16H21ClFN3. The molecule has 0 saturated carbocycles. The van der Waals surface area contributed by atoms with Crippen molar-refractivity contribution in [2.75, 3.05) is 6.54 Å². The van der Waals surface area contributed by atoms with E-state index in [0.717, 1.165) is 24.4 Å². The van der Waals surface area contributed by atoms with Gasteiger partial charge in [-0.2, -0.15) is 5.10 Å². The van der Waals surface area contributed by atoms with E-state index in [1.165, 1.54) is 6.07 Å². The molecule has 5 heteroatoms. The number of nitrogens with zero attached hydrogens (tertiary/aromatic N) is 2. The number of benzene rings is 1. The van der Waals surface area contributed by atoms with Crippen LogP contribution in [0.3, 0.4) is 0 Å². The monoisotopic (exact) mass is 309 g/mol. The molecule has 0 amide bonds. The lowest BCUT2D eigenvalue weighted by molar-refractivity contribution is 0.485. The van der Waals surface area contributed by atoms with E-state index in [1.807, 2.05) is 24.7 Å². The number of nitrogens with one attached hydrogen (secondary N) is 1. The zero-order chi connectivity index (χ0) is 15.4. The van der Waals surface area contributed by atoms with Gasteiger partial charge in [-0.15, -0.1) is 0 Å². The van der Waals surface area contributed by atoms with Gasteiger partial charge in [-0.05, 0) is 38.1 Å². The molecular weight excluding hydrogens is 289 g/mol. The molecule has 21 heavy (non-hydrogen) atoms. The van der Waals surface area contributed by atoms with Crippen LogP contribution in [0.15, 0.2) is 24.3 Å². The van der Waals surface area contributed by atoms with Gasteiger partial charge in [0.15, 0.2) is 0 Å². The van der Waals surface area contributed by atoms with Gasteiger partial charge in [0.2, 0.25) is 0 Å². The summed E-state index contributed by atoms with van der Waals surface area (Å²) in [5.41, 5.74) is 2.55. The van der Waals surface area contributed by atoms with Crippen LogP contribution >= 0.6 is 11.6 Å². The molecule has 0 aliphatic carbocycles. The number of hydrogen-bond donors (Lipinski definition) is 1. The Balaban J connectivity index is 2.32. The quantitative estimate of drug-likeness (QED) is 0.879. The molecule has 0 spiro atoms. The first-order valence-corrected chi connectivity index (χ1v) is 7.57. The highest BCUT2D eigenvalue weighted by Crippen LogP contribution is 2.28. The second-order valence-electron chi connectivity index (χ2n) is 5.25. The van der Waals surface area contributed by atoms with Crippen molar-refractivity contribution in [3.8, 4) is 0 Å². The van der Waals surface area contributed by atoms with E-state index in [2.05, 4.69) is 17.3 Å². The van der Waals surface area contributed by atoms with Crippen LogP contribution in [-0.4, -0.2) is 16.3 Å². The molecule has 1 unspecified atom stereocenters. The van der Waals surface area contributed by atoms with Crippen molar-refractivity contribution in [1.29, 1.82) is 0 Å². The van der Waals surface area contributed by atoms with Crippen LogP contribution in [0, 0.1) is 12.7 Å². The summed E-state index contributed by atoms with van der Waals surface area (Å²) in [4.78, 5) is 0. The predicted octanol–water partition coefficient (Wildman–Crippen LogP) is 3.80. The fraction of sp³-hybridized carbons (Fsp3) is 0.438. The summed E-state index contributed by atoms with van der Waals surface area (Å²) < 4.78 is 16.0. The van der Waals surface area contributed by atoms with Crippen LogP contribution in [0.5, 0.6) is 0 Å². The molecule has 0 aliphatic heterocycles. The van der Waals surface area contributed by atoms with E-state index in [0.29, 0.717) is 17.0 Å². The lowest BCUT2D eigenvalue weighted by Crippen LogP contribution is -2.26. The van der Waals surface area contributed by atoms with Gasteiger partial charge in [-0.1, -0.05) is 24.6 Å². The van der Waals surface area contributed by atoms with E-state index < -0.39 is 0 Å². The first-order valence-electron chi connectivity index (χ1n) is 7.19. The molecule has 1 aromatic heterocycles. The summed E-state index contributed by atoms with van der Waals surface area (Å²) in [6.45, 7) is 4.85. The van der Waals surface area contributed by atoms with Gasteiger partial charge < -0.3 is 5.32 Å². The Morgan fingerprint density at radius 3 is 2.76 bits per heavy atom. The minimum atomic E-state index is -0.269. The zero-order valence-corrected chi connectivity index (χ0v) is 13.4. The molecule has 0 saturated heterocycles. The van der Waals surface area contributed by atoms with Crippen LogP contribution in [0.25, 0.3) is 0 Å². The van der Waals surface area contributed by atoms with Crippen LogP contribution in [-0.2, 0) is 13.5 Å². The second-order valence-corrected chi connectivity index (χ2v) is 5.65. The van der Waals surface area contributed by atoms with Gasteiger partial charge in [0.1, 0.15) is 5.82 Å². The number of halogens is 2. The van der Waals surface area contributed by atoms with Gasteiger partial charge in [-0.3, -0.25) is 4.68 Å². The molecule has 0 bridgehead atoms. The van der Waals surface area contributed by atoms with Crippen LogP contribution in [0.1, 0.15) is 36.3 Å². The van der Waals surface area contributed by atoms with Crippen molar-refractivity contribution in [3.05, 3.63) is 52.1 Å². The van der Waals surface area contributed by atoms with E-state index in [-0.39, 0.29) is 11.9 Å². The SMILES string of the molecule is CCCNC(Cc1cc(C)nn1C)c1c(F)cccc1Cl. The maximum Gasteiger partial charge on any atom is 0.129 e. The number of hydrogen-bond acceptors (Lipinski definition) is 2. The number of rotatable bonds is 6. The Hall–Kier alpha value is -1.39. The first-order chi connectivity index (χ1) is 10.0. The summed E-state index contributed by atoms with van der Waals surface area (Å²) in [5, 5.41) is 8.19. The Morgan fingerprint density at radius 2 is 2.19 bits per heavy atom. The minimum Gasteiger partial charge on any atom is -0.309 e. The molecule has 2 rings (SSSR count). The molecule has 0 aliphatic rings. The van der Waals surface area contributed by atoms with Crippen molar-refractivity contribution in [1.82, 2.24) is 15.1 Å². The highest BCUT2D eigenvalue weighted by atomic mass is 35.5. The number of aromatic nitrogens is 2. The second kappa shape index (κ2) is 7.05. The summed E-state index contributed by atoms with van der Waals surface area (Å²) in [6, 6.07) is 6.68. The van der Waals surface area contributed by atoms with Gasteiger partial charge >= 0.3 is 0 Å². The Labute approximate surface area is 130 Å². The molecule has 1 heterocycles. The average molecular weight is 310 g/mol. The molecule has 2 aromatic rings. The third-order valence-electron chi connectivity index (χ3n) is 3.50. The lowest BCUT2D eigenvalue weighted by Gasteiger charge is -2.21. The van der Waals surface area contributed by atoms with Crippen molar-refractivity contribution in [2.24, 2.45) is 7.05 Å². The normalized spacial score (nSPS) is 12.6. The highest BCUT2D eigenvalue weighted by Gasteiger charge is 2.20. The fourth-order valence-electron chi connectivity index (χ4n) is 2.50. The third kappa shape index (κ3) is 3.83. The van der Waals surface area contributed by atoms with Crippen molar-refractivity contribution in [3.63, 3.8) is 0 Å². The Bertz CT molecular complexity index is 589. The topological polar surface area (TPSA) is 29.9 Å². The molecule has 114 valence electrons. The average Bonchev–Trinajstić information content (AvgIpc) is 2.73. The zero-order valence-electron chi connectivity index (χ0n) is 12.7. The third-order valence-corrected chi connectivity index (χ3v) is 3.83. The summed E-state index contributed by atoms with van der Waals surface area (Å²) in [7, 11) is 1.90. The Morgan fingerprint density at radius 1 is 1.43 bits per heavy atom. The predicted molar refractivity (Wildman–Crippen MR) is 84.1 cm³/mol. The van der Waals surface area contributed by atoms with Crippen LogP contribution in [0.2, 0.25) is 5.02 Å². The highest BCUT2D eigenvalue weighted by molar-refractivity contribution is 6.31.